The molecule has 2 heterocycles. The highest BCUT2D eigenvalue weighted by molar-refractivity contribution is 7.13. The first-order valence-electron chi connectivity index (χ1n) is 9.09. The lowest BCUT2D eigenvalue weighted by molar-refractivity contribution is 0.0318. The van der Waals surface area contributed by atoms with Crippen molar-refractivity contribution in [2.75, 3.05) is 19.8 Å². The molecule has 0 saturated carbocycles. The van der Waals surface area contributed by atoms with Gasteiger partial charge < -0.3 is 14.8 Å². The van der Waals surface area contributed by atoms with Crippen LogP contribution in [0.2, 0.25) is 0 Å². The lowest BCUT2D eigenvalue weighted by Crippen LogP contribution is -2.37. The van der Waals surface area contributed by atoms with Crippen molar-refractivity contribution in [3.63, 3.8) is 0 Å². The van der Waals surface area contributed by atoms with Crippen LogP contribution in [0.3, 0.4) is 0 Å². The van der Waals surface area contributed by atoms with Crippen LogP contribution >= 0.6 is 11.3 Å². The topological polar surface area (TPSA) is 60.5 Å². The first kappa shape index (κ1) is 19.0. The molecule has 2 unspecified atom stereocenters. The largest absolute Gasteiger partial charge is 0.379 e. The van der Waals surface area contributed by atoms with E-state index in [9.17, 15) is 4.79 Å². The predicted molar refractivity (Wildman–Crippen MR) is 104 cm³/mol. The number of hydrogen-bond donors (Lipinski definition) is 1. The SMILES string of the molecule is CC(COC1CCOC1)NC(=O)c1csc(-c2ccc(C(C)C)cc2)n1. The molecular weight excluding hydrogens is 348 g/mol. The average molecular weight is 375 g/mol. The summed E-state index contributed by atoms with van der Waals surface area (Å²) in [5, 5.41) is 5.61. The van der Waals surface area contributed by atoms with Crippen molar-refractivity contribution >= 4 is 17.2 Å². The van der Waals surface area contributed by atoms with Gasteiger partial charge in [-0.05, 0) is 24.8 Å². The highest BCUT2D eigenvalue weighted by Crippen LogP contribution is 2.25. The molecule has 6 heteroatoms. The molecule has 1 saturated heterocycles. The summed E-state index contributed by atoms with van der Waals surface area (Å²) in [5.74, 6) is 0.339. The summed E-state index contributed by atoms with van der Waals surface area (Å²) in [4.78, 5) is 16.9. The van der Waals surface area contributed by atoms with E-state index >= 15 is 0 Å². The fourth-order valence-electron chi connectivity index (χ4n) is 2.79. The molecule has 140 valence electrons. The van der Waals surface area contributed by atoms with Gasteiger partial charge >= 0.3 is 0 Å². The number of nitrogens with zero attached hydrogens (tertiary/aromatic N) is 1. The van der Waals surface area contributed by atoms with E-state index in [0.29, 0.717) is 24.8 Å². The zero-order chi connectivity index (χ0) is 18.5. The van der Waals surface area contributed by atoms with Crippen molar-refractivity contribution in [3.8, 4) is 10.6 Å². The van der Waals surface area contributed by atoms with Crippen molar-refractivity contribution in [2.45, 2.75) is 45.3 Å². The minimum atomic E-state index is -0.162. The van der Waals surface area contributed by atoms with Crippen LogP contribution in [-0.2, 0) is 9.47 Å². The Kier molecular flexibility index (Phi) is 6.40. The van der Waals surface area contributed by atoms with E-state index < -0.39 is 0 Å². The summed E-state index contributed by atoms with van der Waals surface area (Å²) in [6.45, 7) is 8.16. The molecule has 5 nitrogen and oxygen atoms in total. The van der Waals surface area contributed by atoms with Gasteiger partial charge in [-0.15, -0.1) is 11.3 Å². The Morgan fingerprint density at radius 2 is 2.12 bits per heavy atom. The summed E-state index contributed by atoms with van der Waals surface area (Å²) in [6, 6.07) is 8.30. The molecule has 0 bridgehead atoms. The third kappa shape index (κ3) is 4.90. The molecule has 2 atom stereocenters. The van der Waals surface area contributed by atoms with Crippen LogP contribution in [0.5, 0.6) is 0 Å². The Morgan fingerprint density at radius 3 is 2.77 bits per heavy atom. The maximum Gasteiger partial charge on any atom is 0.271 e. The highest BCUT2D eigenvalue weighted by Gasteiger charge is 2.19. The fourth-order valence-corrected chi connectivity index (χ4v) is 3.59. The Morgan fingerprint density at radius 1 is 1.35 bits per heavy atom. The zero-order valence-electron chi connectivity index (χ0n) is 15.5. The summed E-state index contributed by atoms with van der Waals surface area (Å²) < 4.78 is 11.0. The summed E-state index contributed by atoms with van der Waals surface area (Å²) in [6.07, 6.45) is 1.07. The van der Waals surface area contributed by atoms with Gasteiger partial charge in [0.05, 0.1) is 19.3 Å². The van der Waals surface area contributed by atoms with Crippen LogP contribution in [0.15, 0.2) is 29.6 Å². The number of hydrogen-bond acceptors (Lipinski definition) is 5. The highest BCUT2D eigenvalue weighted by atomic mass is 32.1. The van der Waals surface area contributed by atoms with Gasteiger partial charge in [-0.1, -0.05) is 38.1 Å². The van der Waals surface area contributed by atoms with E-state index in [2.05, 4.69) is 48.4 Å². The van der Waals surface area contributed by atoms with Crippen LogP contribution in [0.4, 0.5) is 0 Å². The molecular formula is C20H26N2O3S. The van der Waals surface area contributed by atoms with Gasteiger partial charge in [0.25, 0.3) is 5.91 Å². The van der Waals surface area contributed by atoms with Crippen molar-refractivity contribution in [1.82, 2.24) is 10.3 Å². The average Bonchev–Trinajstić information content (AvgIpc) is 3.32. The summed E-state index contributed by atoms with van der Waals surface area (Å²) >= 11 is 1.49. The van der Waals surface area contributed by atoms with E-state index in [1.807, 2.05) is 6.92 Å². The number of thiazole rings is 1. The Bertz CT molecular complexity index is 721. The van der Waals surface area contributed by atoms with Gasteiger partial charge in [-0.2, -0.15) is 0 Å². The van der Waals surface area contributed by atoms with E-state index in [1.165, 1.54) is 16.9 Å². The first-order chi connectivity index (χ1) is 12.5. The molecule has 0 spiro atoms. The number of rotatable bonds is 7. The Labute approximate surface area is 158 Å². The van der Waals surface area contributed by atoms with Gasteiger partial charge in [-0.25, -0.2) is 4.98 Å². The molecule has 1 amide bonds. The number of carbonyl (C=O) groups excluding carboxylic acids is 1. The van der Waals surface area contributed by atoms with Gasteiger partial charge in [0.2, 0.25) is 0 Å². The van der Waals surface area contributed by atoms with E-state index in [0.717, 1.165) is 23.6 Å². The minimum Gasteiger partial charge on any atom is -0.379 e. The van der Waals surface area contributed by atoms with Crippen molar-refractivity contribution < 1.29 is 14.3 Å². The maximum atomic E-state index is 12.4. The summed E-state index contributed by atoms with van der Waals surface area (Å²) in [7, 11) is 0. The molecule has 0 aliphatic carbocycles. The fraction of sp³-hybridized carbons (Fsp3) is 0.500. The first-order valence-corrected chi connectivity index (χ1v) is 9.97. The lowest BCUT2D eigenvalue weighted by atomic mass is 10.0. The number of nitrogens with one attached hydrogen (secondary N) is 1. The number of carbonyl (C=O) groups is 1. The minimum absolute atomic E-state index is 0.0708. The Balaban J connectivity index is 1.55. The van der Waals surface area contributed by atoms with E-state index in [4.69, 9.17) is 9.47 Å². The third-order valence-corrected chi connectivity index (χ3v) is 5.30. The number of aromatic nitrogens is 1. The second kappa shape index (κ2) is 8.75. The third-order valence-electron chi connectivity index (χ3n) is 4.41. The molecule has 1 N–H and O–H groups in total. The molecule has 3 rings (SSSR count). The second-order valence-corrected chi connectivity index (χ2v) is 7.87. The van der Waals surface area contributed by atoms with Gasteiger partial charge in [0.15, 0.2) is 0 Å². The molecule has 1 aromatic heterocycles. The standard InChI is InChI=1S/C20H26N2O3S/c1-13(2)15-4-6-16(7-5-15)20-22-18(12-26-20)19(23)21-14(3)10-25-17-8-9-24-11-17/h4-7,12-14,17H,8-11H2,1-3H3,(H,21,23). The van der Waals surface area contributed by atoms with Crippen molar-refractivity contribution in [1.29, 1.82) is 0 Å². The molecule has 1 fully saturated rings. The quantitative estimate of drug-likeness (QED) is 0.799. The second-order valence-electron chi connectivity index (χ2n) is 7.01. The van der Waals surface area contributed by atoms with Gasteiger partial charge in [0, 0.05) is 23.6 Å². The van der Waals surface area contributed by atoms with Crippen molar-refractivity contribution in [3.05, 3.63) is 40.9 Å². The number of ether oxygens (including phenoxy) is 2. The van der Waals surface area contributed by atoms with Crippen LogP contribution in [-0.4, -0.2) is 42.9 Å². The molecule has 2 aromatic rings. The smallest absolute Gasteiger partial charge is 0.271 e. The van der Waals surface area contributed by atoms with Gasteiger partial charge in [-0.3, -0.25) is 4.79 Å². The van der Waals surface area contributed by atoms with Crippen molar-refractivity contribution in [2.24, 2.45) is 0 Å². The maximum absolute atomic E-state index is 12.4. The predicted octanol–water partition coefficient (Wildman–Crippen LogP) is 3.86. The monoisotopic (exact) mass is 374 g/mol. The molecule has 1 aliphatic rings. The summed E-state index contributed by atoms with van der Waals surface area (Å²) in [5.41, 5.74) is 2.79. The normalized spacial score (nSPS) is 18.2. The van der Waals surface area contributed by atoms with E-state index in [-0.39, 0.29) is 18.1 Å². The molecule has 26 heavy (non-hydrogen) atoms. The van der Waals surface area contributed by atoms with Crippen LogP contribution in [0.1, 0.15) is 49.2 Å². The zero-order valence-corrected chi connectivity index (χ0v) is 16.3. The van der Waals surface area contributed by atoms with Crippen LogP contribution < -0.4 is 5.32 Å². The lowest BCUT2D eigenvalue weighted by Gasteiger charge is -2.16. The molecule has 0 radical (unpaired) electrons. The molecule has 1 aromatic carbocycles. The van der Waals surface area contributed by atoms with E-state index in [1.54, 1.807) is 5.38 Å². The number of amides is 1. The van der Waals surface area contributed by atoms with Gasteiger partial charge in [0.1, 0.15) is 10.7 Å². The Hall–Kier alpha value is -1.76. The number of benzene rings is 1. The molecule has 1 aliphatic heterocycles. The van der Waals surface area contributed by atoms with Crippen LogP contribution in [0.25, 0.3) is 10.6 Å². The van der Waals surface area contributed by atoms with Crippen LogP contribution in [0, 0.1) is 0 Å².